The molecule has 0 spiro atoms. The van der Waals surface area contributed by atoms with Crippen molar-refractivity contribution in [1.29, 1.82) is 0 Å². The van der Waals surface area contributed by atoms with E-state index in [0.717, 1.165) is 0 Å². The highest BCUT2D eigenvalue weighted by molar-refractivity contribution is 7.86. The van der Waals surface area contributed by atoms with E-state index in [4.69, 9.17) is 9.11 Å². The van der Waals surface area contributed by atoms with E-state index in [9.17, 15) is 21.9 Å². The largest absolute Gasteiger partial charge is 0.391 e. The number of β-amino-alcohol motifs (C(OH)–C–C–N with tert-alkyl or cyclic N) is 1. The molecule has 0 aliphatic carbocycles. The van der Waals surface area contributed by atoms with Gasteiger partial charge in [-0.05, 0) is 5.92 Å². The number of piperazine rings is 1. The van der Waals surface area contributed by atoms with Crippen molar-refractivity contribution >= 4 is 20.2 Å². The Morgan fingerprint density at radius 1 is 0.864 bits per heavy atom. The lowest BCUT2D eigenvalue weighted by Gasteiger charge is -2.36. The normalized spacial score (nSPS) is 21.6. The minimum Gasteiger partial charge on any atom is -0.391 e. The average molecular weight is 360 g/mol. The first-order chi connectivity index (χ1) is 9.94. The van der Waals surface area contributed by atoms with Gasteiger partial charge >= 0.3 is 0 Å². The Hall–Kier alpha value is -0.300. The fraction of sp³-hybridized carbons (Fsp3) is 1.00. The molecule has 9 nitrogen and oxygen atoms in total. The maximum absolute atomic E-state index is 10.8. The van der Waals surface area contributed by atoms with Crippen LogP contribution < -0.4 is 0 Å². The number of aliphatic hydroxyl groups excluding tert-OH is 1. The van der Waals surface area contributed by atoms with Crippen LogP contribution in [-0.4, -0.2) is 97.7 Å². The highest BCUT2D eigenvalue weighted by Gasteiger charge is 2.23. The monoisotopic (exact) mass is 360 g/mol. The van der Waals surface area contributed by atoms with Gasteiger partial charge in [0.2, 0.25) is 0 Å². The molecule has 132 valence electrons. The predicted octanol–water partition coefficient (Wildman–Crippen LogP) is -1.62. The molecular formula is C11H24N2O7S2. The summed E-state index contributed by atoms with van der Waals surface area (Å²) in [5.74, 6) is -1.15. The summed E-state index contributed by atoms with van der Waals surface area (Å²) in [6, 6.07) is 0. The summed E-state index contributed by atoms with van der Waals surface area (Å²) in [5, 5.41) is 9.59. The Morgan fingerprint density at radius 2 is 1.27 bits per heavy atom. The zero-order chi connectivity index (χ0) is 17.0. The molecule has 0 radical (unpaired) electrons. The van der Waals surface area contributed by atoms with Crippen LogP contribution in [0.2, 0.25) is 0 Å². The summed E-state index contributed by atoms with van der Waals surface area (Å²) in [5.41, 5.74) is 0. The molecule has 1 aliphatic rings. The third-order valence-corrected chi connectivity index (χ3v) is 5.20. The Balaban J connectivity index is 2.31. The van der Waals surface area contributed by atoms with Gasteiger partial charge in [-0.15, -0.1) is 0 Å². The van der Waals surface area contributed by atoms with E-state index in [2.05, 4.69) is 4.90 Å². The van der Waals surface area contributed by atoms with Crippen LogP contribution >= 0.6 is 0 Å². The standard InChI is InChI=1S/C11H24N2O7S2/c1-10(8-21(15,16)17)6-12-2-4-13(5-3-12)7-11(14)9-22(18,19)20/h10-11,14H,2-9H2,1H3,(H,15,16,17)(H,18,19,20). The molecule has 1 fully saturated rings. The Labute approximate surface area is 131 Å². The lowest BCUT2D eigenvalue weighted by molar-refractivity contribution is 0.0770. The lowest BCUT2D eigenvalue weighted by Crippen LogP contribution is -2.50. The van der Waals surface area contributed by atoms with Gasteiger partial charge in [0.25, 0.3) is 20.2 Å². The van der Waals surface area contributed by atoms with E-state index >= 15 is 0 Å². The van der Waals surface area contributed by atoms with Gasteiger partial charge in [-0.2, -0.15) is 16.8 Å². The van der Waals surface area contributed by atoms with Crippen LogP contribution in [0.3, 0.4) is 0 Å². The van der Waals surface area contributed by atoms with Crippen molar-refractivity contribution in [3.05, 3.63) is 0 Å². The highest BCUT2D eigenvalue weighted by Crippen LogP contribution is 2.08. The van der Waals surface area contributed by atoms with Crippen LogP contribution in [0.1, 0.15) is 6.92 Å². The van der Waals surface area contributed by atoms with Crippen LogP contribution in [0.5, 0.6) is 0 Å². The third-order valence-electron chi connectivity index (χ3n) is 3.40. The predicted molar refractivity (Wildman–Crippen MR) is 80.9 cm³/mol. The second-order valence-electron chi connectivity index (χ2n) is 5.86. The van der Waals surface area contributed by atoms with Crippen molar-refractivity contribution in [2.75, 3.05) is 50.8 Å². The Kier molecular flexibility index (Phi) is 7.18. The molecule has 0 aromatic carbocycles. The van der Waals surface area contributed by atoms with Crippen molar-refractivity contribution in [2.45, 2.75) is 13.0 Å². The minimum absolute atomic E-state index is 0.161. The lowest BCUT2D eigenvalue weighted by atomic mass is 10.2. The summed E-state index contributed by atoms with van der Waals surface area (Å²) in [7, 11) is -8.15. The first-order valence-electron chi connectivity index (χ1n) is 6.98. The summed E-state index contributed by atoms with van der Waals surface area (Å²) in [6.07, 6.45) is -1.14. The number of rotatable bonds is 8. The summed E-state index contributed by atoms with van der Waals surface area (Å²) < 4.78 is 60.4. The molecule has 1 aliphatic heterocycles. The molecule has 0 amide bonds. The maximum atomic E-state index is 10.8. The number of hydrogen-bond donors (Lipinski definition) is 3. The van der Waals surface area contributed by atoms with E-state index in [0.29, 0.717) is 32.7 Å². The molecular weight excluding hydrogens is 336 g/mol. The molecule has 0 saturated carbocycles. The fourth-order valence-corrected chi connectivity index (χ4v) is 4.02. The van der Waals surface area contributed by atoms with Crippen molar-refractivity contribution in [1.82, 2.24) is 9.80 Å². The molecule has 22 heavy (non-hydrogen) atoms. The first-order valence-corrected chi connectivity index (χ1v) is 10.2. The SMILES string of the molecule is CC(CN1CCN(CC(O)CS(=O)(=O)O)CC1)CS(=O)(=O)O. The molecule has 2 atom stereocenters. The van der Waals surface area contributed by atoms with Crippen LogP contribution in [0.25, 0.3) is 0 Å². The number of hydrogen-bond acceptors (Lipinski definition) is 7. The van der Waals surface area contributed by atoms with Gasteiger partial charge in [0.1, 0.15) is 5.75 Å². The zero-order valence-corrected chi connectivity index (χ0v) is 14.1. The van der Waals surface area contributed by atoms with Crippen LogP contribution in [0.4, 0.5) is 0 Å². The Morgan fingerprint density at radius 3 is 1.68 bits per heavy atom. The van der Waals surface area contributed by atoms with Crippen molar-refractivity contribution in [2.24, 2.45) is 5.92 Å². The van der Waals surface area contributed by atoms with Gasteiger partial charge in [0.05, 0.1) is 11.9 Å². The van der Waals surface area contributed by atoms with E-state index in [1.807, 2.05) is 4.90 Å². The fourth-order valence-electron chi connectivity index (χ4n) is 2.60. The minimum atomic E-state index is -4.19. The number of nitrogens with zero attached hydrogens (tertiary/aromatic N) is 2. The van der Waals surface area contributed by atoms with Crippen LogP contribution in [0, 0.1) is 5.92 Å². The molecule has 0 aromatic heterocycles. The molecule has 3 N–H and O–H groups in total. The Bertz CT molecular complexity index is 491. The van der Waals surface area contributed by atoms with E-state index in [-0.39, 0.29) is 18.2 Å². The van der Waals surface area contributed by atoms with E-state index < -0.39 is 32.1 Å². The molecule has 0 bridgehead atoms. The molecule has 1 heterocycles. The third kappa shape index (κ3) is 8.98. The second kappa shape index (κ2) is 7.99. The zero-order valence-electron chi connectivity index (χ0n) is 12.5. The van der Waals surface area contributed by atoms with Gasteiger partial charge in [-0.3, -0.25) is 14.0 Å². The van der Waals surface area contributed by atoms with E-state index in [1.165, 1.54) is 0 Å². The molecule has 2 unspecified atom stereocenters. The molecule has 11 heteroatoms. The quantitative estimate of drug-likeness (QED) is 0.436. The smallest absolute Gasteiger partial charge is 0.267 e. The van der Waals surface area contributed by atoms with Crippen molar-refractivity contribution in [3.8, 4) is 0 Å². The van der Waals surface area contributed by atoms with Gasteiger partial charge in [-0.1, -0.05) is 6.92 Å². The average Bonchev–Trinajstić information content (AvgIpc) is 2.26. The van der Waals surface area contributed by atoms with Gasteiger partial charge in [0.15, 0.2) is 0 Å². The van der Waals surface area contributed by atoms with Gasteiger partial charge in [0, 0.05) is 39.3 Å². The molecule has 1 saturated heterocycles. The molecule has 1 rings (SSSR count). The van der Waals surface area contributed by atoms with Gasteiger partial charge < -0.3 is 10.0 Å². The second-order valence-corrected chi connectivity index (χ2v) is 8.85. The van der Waals surface area contributed by atoms with Crippen LogP contribution in [0.15, 0.2) is 0 Å². The first kappa shape index (κ1) is 19.7. The van der Waals surface area contributed by atoms with Gasteiger partial charge in [-0.25, -0.2) is 0 Å². The molecule has 0 aromatic rings. The van der Waals surface area contributed by atoms with Crippen LogP contribution in [-0.2, 0) is 20.2 Å². The summed E-state index contributed by atoms with van der Waals surface area (Å²) in [6.45, 7) is 5.00. The number of aliphatic hydroxyl groups is 1. The maximum Gasteiger partial charge on any atom is 0.267 e. The van der Waals surface area contributed by atoms with E-state index in [1.54, 1.807) is 6.92 Å². The van der Waals surface area contributed by atoms with Crippen molar-refractivity contribution < 1.29 is 31.0 Å². The summed E-state index contributed by atoms with van der Waals surface area (Å²) in [4.78, 5) is 3.95. The van der Waals surface area contributed by atoms with Crippen molar-refractivity contribution in [3.63, 3.8) is 0 Å². The highest BCUT2D eigenvalue weighted by atomic mass is 32.2. The topological polar surface area (TPSA) is 135 Å². The summed E-state index contributed by atoms with van der Waals surface area (Å²) >= 11 is 0.